The van der Waals surface area contributed by atoms with Crippen molar-refractivity contribution in [1.29, 1.82) is 0 Å². The van der Waals surface area contributed by atoms with Gasteiger partial charge in [0.05, 0.1) is 22.6 Å². The smallest absolute Gasteiger partial charge is 0.341 e. The second-order valence-corrected chi connectivity index (χ2v) is 7.26. The van der Waals surface area contributed by atoms with E-state index in [1.54, 1.807) is 13.8 Å². The Labute approximate surface area is 181 Å². The molecule has 0 radical (unpaired) electrons. The minimum atomic E-state index is -1.02. The van der Waals surface area contributed by atoms with Gasteiger partial charge in [0.25, 0.3) is 11.8 Å². The Kier molecular flexibility index (Phi) is 8.20. The molecule has 0 atom stereocenters. The average molecular weight is 453 g/mol. The fourth-order valence-electron chi connectivity index (χ4n) is 2.63. The van der Waals surface area contributed by atoms with E-state index in [4.69, 9.17) is 4.74 Å². The molecule has 0 fully saturated rings. The standard InChI is InChI=1S/C20H21F2N3O5S/c1-4-30-20(29)15-10(2)16(18(28)23-3)31-19(15)25-14(26)7-8-24-17(27)12-6-5-11(21)9-13(12)22/h5-6,9H,4,7-8H2,1-3H3,(H,23,28)(H,24,27)(H,25,26). The van der Waals surface area contributed by atoms with Gasteiger partial charge in [-0.3, -0.25) is 14.4 Å². The zero-order valence-electron chi connectivity index (χ0n) is 17.1. The van der Waals surface area contributed by atoms with E-state index < -0.39 is 35.3 Å². The van der Waals surface area contributed by atoms with Crippen LogP contribution in [0.5, 0.6) is 0 Å². The van der Waals surface area contributed by atoms with Crippen LogP contribution in [0, 0.1) is 18.6 Å². The summed E-state index contributed by atoms with van der Waals surface area (Å²) in [6.07, 6.45) is -0.191. The van der Waals surface area contributed by atoms with Gasteiger partial charge in [-0.2, -0.15) is 0 Å². The molecule has 3 amide bonds. The zero-order valence-corrected chi connectivity index (χ0v) is 17.9. The summed E-state index contributed by atoms with van der Waals surface area (Å²) >= 11 is 0.924. The number of hydrogen-bond donors (Lipinski definition) is 3. The second kappa shape index (κ2) is 10.6. The molecular formula is C20H21F2N3O5S. The van der Waals surface area contributed by atoms with Gasteiger partial charge in [0, 0.05) is 26.1 Å². The molecule has 1 aromatic carbocycles. The summed E-state index contributed by atoms with van der Waals surface area (Å²) in [6, 6.07) is 2.53. The van der Waals surface area contributed by atoms with Crippen LogP contribution in [0.15, 0.2) is 18.2 Å². The van der Waals surface area contributed by atoms with Crippen LogP contribution in [-0.2, 0) is 9.53 Å². The molecule has 2 aromatic rings. The van der Waals surface area contributed by atoms with Gasteiger partial charge < -0.3 is 20.7 Å². The second-order valence-electron chi connectivity index (χ2n) is 6.24. The number of hydrogen-bond acceptors (Lipinski definition) is 6. The van der Waals surface area contributed by atoms with Gasteiger partial charge >= 0.3 is 5.97 Å². The number of ether oxygens (including phenoxy) is 1. The maximum absolute atomic E-state index is 13.6. The third-order valence-corrected chi connectivity index (χ3v) is 5.33. The molecule has 3 N–H and O–H groups in total. The van der Waals surface area contributed by atoms with Crippen LogP contribution in [0.2, 0.25) is 0 Å². The van der Waals surface area contributed by atoms with Crippen LogP contribution in [0.4, 0.5) is 13.8 Å². The van der Waals surface area contributed by atoms with Crippen molar-refractivity contribution >= 4 is 40.0 Å². The lowest BCUT2D eigenvalue weighted by molar-refractivity contribution is -0.116. The summed E-state index contributed by atoms with van der Waals surface area (Å²) in [4.78, 5) is 48.9. The van der Waals surface area contributed by atoms with Crippen molar-refractivity contribution in [2.45, 2.75) is 20.3 Å². The maximum Gasteiger partial charge on any atom is 0.341 e. The highest BCUT2D eigenvalue weighted by Crippen LogP contribution is 2.33. The first kappa shape index (κ1) is 23.9. The van der Waals surface area contributed by atoms with E-state index in [2.05, 4.69) is 16.0 Å². The molecule has 0 aliphatic carbocycles. The van der Waals surface area contributed by atoms with E-state index in [0.717, 1.165) is 23.5 Å². The van der Waals surface area contributed by atoms with Gasteiger partial charge in [-0.25, -0.2) is 13.6 Å². The monoisotopic (exact) mass is 453 g/mol. The normalized spacial score (nSPS) is 10.4. The van der Waals surface area contributed by atoms with Gasteiger partial charge in [-0.05, 0) is 31.5 Å². The van der Waals surface area contributed by atoms with Crippen molar-refractivity contribution in [1.82, 2.24) is 10.6 Å². The summed E-state index contributed by atoms with van der Waals surface area (Å²) in [5.74, 6) is -4.27. The highest BCUT2D eigenvalue weighted by Gasteiger charge is 2.26. The number of carbonyl (C=O) groups is 4. The number of anilines is 1. The molecule has 0 aliphatic rings. The van der Waals surface area contributed by atoms with Crippen LogP contribution in [0.3, 0.4) is 0 Å². The Bertz CT molecular complexity index is 1020. The Morgan fingerprint density at radius 3 is 2.45 bits per heavy atom. The predicted molar refractivity (Wildman–Crippen MR) is 110 cm³/mol. The van der Waals surface area contributed by atoms with Crippen molar-refractivity contribution in [2.75, 3.05) is 25.5 Å². The molecule has 0 bridgehead atoms. The average Bonchev–Trinajstić information content (AvgIpc) is 3.03. The third kappa shape index (κ3) is 5.85. The van der Waals surface area contributed by atoms with Crippen LogP contribution in [0.25, 0.3) is 0 Å². The predicted octanol–water partition coefficient (Wildman–Crippen LogP) is 2.63. The van der Waals surface area contributed by atoms with Gasteiger partial charge in [0.15, 0.2) is 0 Å². The van der Waals surface area contributed by atoms with Gasteiger partial charge in [0.1, 0.15) is 16.6 Å². The van der Waals surface area contributed by atoms with E-state index in [1.807, 2.05) is 0 Å². The van der Waals surface area contributed by atoms with E-state index in [1.165, 1.54) is 7.05 Å². The van der Waals surface area contributed by atoms with Crippen LogP contribution >= 0.6 is 11.3 Å². The van der Waals surface area contributed by atoms with Gasteiger partial charge in [-0.1, -0.05) is 0 Å². The van der Waals surface area contributed by atoms with E-state index in [0.29, 0.717) is 11.6 Å². The highest BCUT2D eigenvalue weighted by molar-refractivity contribution is 7.18. The first-order valence-corrected chi connectivity index (χ1v) is 10.1. The summed E-state index contributed by atoms with van der Waals surface area (Å²) in [7, 11) is 1.44. The van der Waals surface area contributed by atoms with Crippen LogP contribution in [-0.4, -0.2) is 43.9 Å². The van der Waals surface area contributed by atoms with E-state index in [-0.39, 0.29) is 40.6 Å². The summed E-state index contributed by atoms with van der Waals surface area (Å²) < 4.78 is 31.6. The third-order valence-electron chi connectivity index (χ3n) is 4.13. The fourth-order valence-corrected chi connectivity index (χ4v) is 3.79. The van der Waals surface area contributed by atoms with Gasteiger partial charge in [-0.15, -0.1) is 11.3 Å². The molecule has 1 heterocycles. The maximum atomic E-state index is 13.6. The Morgan fingerprint density at radius 1 is 1.13 bits per heavy atom. The number of halogens is 2. The highest BCUT2D eigenvalue weighted by atomic mass is 32.1. The molecule has 31 heavy (non-hydrogen) atoms. The number of benzene rings is 1. The van der Waals surface area contributed by atoms with E-state index in [9.17, 15) is 28.0 Å². The Hall–Kier alpha value is -3.34. The molecule has 8 nitrogen and oxygen atoms in total. The molecule has 11 heteroatoms. The van der Waals surface area contributed by atoms with Crippen LogP contribution in [0.1, 0.15) is 49.3 Å². The lowest BCUT2D eigenvalue weighted by Gasteiger charge is -2.08. The van der Waals surface area contributed by atoms with Crippen molar-refractivity contribution < 1.29 is 32.7 Å². The number of nitrogens with one attached hydrogen (secondary N) is 3. The minimum absolute atomic E-state index is 0.0798. The topological polar surface area (TPSA) is 114 Å². The quantitative estimate of drug-likeness (QED) is 0.532. The summed E-state index contributed by atoms with van der Waals surface area (Å²) in [6.45, 7) is 3.18. The first-order valence-electron chi connectivity index (χ1n) is 9.25. The Morgan fingerprint density at radius 2 is 1.84 bits per heavy atom. The molecule has 2 rings (SSSR count). The zero-order chi connectivity index (χ0) is 23.1. The largest absolute Gasteiger partial charge is 0.462 e. The van der Waals surface area contributed by atoms with Gasteiger partial charge in [0.2, 0.25) is 5.91 Å². The van der Waals surface area contributed by atoms with Crippen molar-refractivity contribution in [3.63, 3.8) is 0 Å². The fraction of sp³-hybridized carbons (Fsp3) is 0.300. The van der Waals surface area contributed by atoms with E-state index >= 15 is 0 Å². The van der Waals surface area contributed by atoms with Crippen LogP contribution < -0.4 is 16.0 Å². The summed E-state index contributed by atoms with van der Waals surface area (Å²) in [5, 5.41) is 7.52. The molecule has 0 saturated heterocycles. The molecule has 166 valence electrons. The molecule has 0 unspecified atom stereocenters. The van der Waals surface area contributed by atoms with Crippen molar-refractivity contribution in [2.24, 2.45) is 0 Å². The molecule has 0 saturated carbocycles. The molecule has 0 spiro atoms. The first-order chi connectivity index (χ1) is 14.7. The number of amides is 3. The number of rotatable bonds is 8. The minimum Gasteiger partial charge on any atom is -0.462 e. The number of thiophene rings is 1. The number of carbonyl (C=O) groups excluding carboxylic acids is 4. The molecular weight excluding hydrogens is 432 g/mol. The number of esters is 1. The summed E-state index contributed by atoms with van der Waals surface area (Å²) in [5.41, 5.74) is 0.102. The SMILES string of the molecule is CCOC(=O)c1c(NC(=O)CCNC(=O)c2ccc(F)cc2F)sc(C(=O)NC)c1C. The molecule has 1 aromatic heterocycles. The lowest BCUT2D eigenvalue weighted by atomic mass is 10.1. The molecule has 0 aliphatic heterocycles. The Balaban J connectivity index is 2.06. The van der Waals surface area contributed by atoms with Crippen molar-refractivity contribution in [3.05, 3.63) is 51.4 Å². The lowest BCUT2D eigenvalue weighted by Crippen LogP contribution is -2.28. The van der Waals surface area contributed by atoms with Crippen molar-refractivity contribution in [3.8, 4) is 0 Å².